The fraction of sp³-hybridized carbons (Fsp3) is 0. The Labute approximate surface area is 110 Å². The molecule has 0 atom stereocenters. The van der Waals surface area contributed by atoms with E-state index in [1.165, 1.54) is 6.08 Å². The van der Waals surface area contributed by atoms with Crippen molar-refractivity contribution in [2.24, 2.45) is 0 Å². The number of nitrogens with zero attached hydrogens (tertiary/aromatic N) is 1. The maximum atomic E-state index is 11.6. The van der Waals surface area contributed by atoms with Gasteiger partial charge in [0.25, 0.3) is 0 Å². The molecule has 0 unspecified atom stereocenters. The summed E-state index contributed by atoms with van der Waals surface area (Å²) in [5, 5.41) is 3.41. The van der Waals surface area contributed by atoms with E-state index in [1.807, 2.05) is 12.1 Å². The van der Waals surface area contributed by atoms with Crippen molar-refractivity contribution in [3.63, 3.8) is 0 Å². The standard InChI is InChI=1S/C14H11ClN2O/c15-12-4-1-11(2-5-12)3-6-14(18)17-13-7-9-16-10-8-13/h1-10H,(H,16,17,18). The summed E-state index contributed by atoms with van der Waals surface area (Å²) in [7, 11) is 0. The molecule has 0 bridgehead atoms. The second-order valence-electron chi connectivity index (χ2n) is 3.61. The van der Waals surface area contributed by atoms with Crippen LogP contribution >= 0.6 is 11.6 Å². The number of benzene rings is 1. The highest BCUT2D eigenvalue weighted by Gasteiger charge is 1.96. The van der Waals surface area contributed by atoms with Gasteiger partial charge in [-0.1, -0.05) is 23.7 Å². The first-order valence-electron chi connectivity index (χ1n) is 5.39. The lowest BCUT2D eigenvalue weighted by atomic mass is 10.2. The van der Waals surface area contributed by atoms with E-state index < -0.39 is 0 Å². The highest BCUT2D eigenvalue weighted by atomic mass is 35.5. The van der Waals surface area contributed by atoms with Crippen molar-refractivity contribution in [2.75, 3.05) is 5.32 Å². The first-order chi connectivity index (χ1) is 8.74. The summed E-state index contributed by atoms with van der Waals surface area (Å²) < 4.78 is 0. The van der Waals surface area contributed by atoms with Crippen LogP contribution in [0.5, 0.6) is 0 Å². The number of nitrogens with one attached hydrogen (secondary N) is 1. The Morgan fingerprint density at radius 1 is 1.11 bits per heavy atom. The maximum Gasteiger partial charge on any atom is 0.248 e. The number of carbonyl (C=O) groups is 1. The van der Waals surface area contributed by atoms with Gasteiger partial charge >= 0.3 is 0 Å². The van der Waals surface area contributed by atoms with Crippen LogP contribution in [-0.2, 0) is 4.79 Å². The molecule has 0 saturated carbocycles. The van der Waals surface area contributed by atoms with E-state index in [9.17, 15) is 4.79 Å². The van der Waals surface area contributed by atoms with E-state index in [0.29, 0.717) is 5.02 Å². The molecular formula is C14H11ClN2O. The Bertz CT molecular complexity index is 550. The molecule has 1 heterocycles. The van der Waals surface area contributed by atoms with Crippen molar-refractivity contribution >= 4 is 29.3 Å². The molecule has 0 aliphatic rings. The number of aromatic nitrogens is 1. The van der Waals surface area contributed by atoms with Gasteiger partial charge < -0.3 is 5.32 Å². The van der Waals surface area contributed by atoms with Crippen LogP contribution in [0.15, 0.2) is 54.9 Å². The van der Waals surface area contributed by atoms with Gasteiger partial charge in [-0.3, -0.25) is 9.78 Å². The van der Waals surface area contributed by atoms with Gasteiger partial charge in [0, 0.05) is 29.2 Å². The van der Waals surface area contributed by atoms with E-state index in [4.69, 9.17) is 11.6 Å². The average molecular weight is 259 g/mol. The first kappa shape index (κ1) is 12.3. The summed E-state index contributed by atoms with van der Waals surface area (Å²) in [5.74, 6) is -0.184. The topological polar surface area (TPSA) is 42.0 Å². The fourth-order valence-electron chi connectivity index (χ4n) is 1.36. The van der Waals surface area contributed by atoms with Gasteiger partial charge in [0.2, 0.25) is 5.91 Å². The lowest BCUT2D eigenvalue weighted by Crippen LogP contribution is -2.07. The Balaban J connectivity index is 1.97. The molecule has 1 aromatic heterocycles. The number of hydrogen-bond acceptors (Lipinski definition) is 2. The lowest BCUT2D eigenvalue weighted by Gasteiger charge is -2.00. The fourth-order valence-corrected chi connectivity index (χ4v) is 1.49. The van der Waals surface area contributed by atoms with E-state index in [0.717, 1.165) is 11.3 Å². The lowest BCUT2D eigenvalue weighted by molar-refractivity contribution is -0.111. The van der Waals surface area contributed by atoms with Crippen molar-refractivity contribution in [1.82, 2.24) is 4.98 Å². The predicted octanol–water partition coefficient (Wildman–Crippen LogP) is 3.39. The third kappa shape index (κ3) is 3.71. The molecule has 18 heavy (non-hydrogen) atoms. The SMILES string of the molecule is O=C(C=Cc1ccc(Cl)cc1)Nc1ccncc1. The van der Waals surface area contributed by atoms with Crippen molar-refractivity contribution < 1.29 is 4.79 Å². The maximum absolute atomic E-state index is 11.6. The summed E-state index contributed by atoms with van der Waals surface area (Å²) in [6.45, 7) is 0. The third-order valence-corrected chi connectivity index (χ3v) is 2.50. The molecule has 0 aliphatic carbocycles. The molecular weight excluding hydrogens is 248 g/mol. The van der Waals surface area contributed by atoms with Crippen LogP contribution in [0.1, 0.15) is 5.56 Å². The Kier molecular flexibility index (Phi) is 4.10. The van der Waals surface area contributed by atoms with Gasteiger partial charge in [-0.25, -0.2) is 0 Å². The Morgan fingerprint density at radius 3 is 2.44 bits per heavy atom. The molecule has 1 amide bonds. The van der Waals surface area contributed by atoms with Crippen molar-refractivity contribution in [2.45, 2.75) is 0 Å². The molecule has 3 nitrogen and oxygen atoms in total. The number of pyridine rings is 1. The molecule has 0 saturated heterocycles. The van der Waals surface area contributed by atoms with Crippen LogP contribution in [0.4, 0.5) is 5.69 Å². The zero-order valence-corrected chi connectivity index (χ0v) is 10.3. The smallest absolute Gasteiger partial charge is 0.248 e. The van der Waals surface area contributed by atoms with Gasteiger partial charge in [-0.15, -0.1) is 0 Å². The molecule has 1 aromatic carbocycles. The molecule has 0 fully saturated rings. The second-order valence-corrected chi connectivity index (χ2v) is 4.05. The van der Waals surface area contributed by atoms with Crippen LogP contribution in [0.3, 0.4) is 0 Å². The molecule has 90 valence electrons. The molecule has 4 heteroatoms. The van der Waals surface area contributed by atoms with E-state index in [2.05, 4.69) is 10.3 Å². The van der Waals surface area contributed by atoms with Crippen molar-refractivity contribution in [3.05, 3.63) is 65.5 Å². The number of halogens is 1. The average Bonchev–Trinajstić information content (AvgIpc) is 2.39. The Morgan fingerprint density at radius 2 is 1.78 bits per heavy atom. The van der Waals surface area contributed by atoms with Gasteiger partial charge in [-0.2, -0.15) is 0 Å². The Hall–Kier alpha value is -2.13. The molecule has 0 spiro atoms. The minimum Gasteiger partial charge on any atom is -0.322 e. The van der Waals surface area contributed by atoms with Gasteiger partial charge in [0.05, 0.1) is 0 Å². The van der Waals surface area contributed by atoms with Crippen LogP contribution < -0.4 is 5.32 Å². The minimum absolute atomic E-state index is 0.184. The largest absolute Gasteiger partial charge is 0.322 e. The normalized spacial score (nSPS) is 10.5. The zero-order valence-electron chi connectivity index (χ0n) is 9.51. The molecule has 0 aliphatic heterocycles. The summed E-state index contributed by atoms with van der Waals surface area (Å²) >= 11 is 5.77. The summed E-state index contributed by atoms with van der Waals surface area (Å²) in [6, 6.07) is 10.7. The predicted molar refractivity (Wildman–Crippen MR) is 73.4 cm³/mol. The third-order valence-electron chi connectivity index (χ3n) is 2.25. The number of rotatable bonds is 3. The van der Waals surface area contributed by atoms with E-state index >= 15 is 0 Å². The molecule has 2 rings (SSSR count). The van der Waals surface area contributed by atoms with E-state index in [-0.39, 0.29) is 5.91 Å². The zero-order chi connectivity index (χ0) is 12.8. The van der Waals surface area contributed by atoms with Crippen molar-refractivity contribution in [1.29, 1.82) is 0 Å². The highest BCUT2D eigenvalue weighted by molar-refractivity contribution is 6.30. The number of hydrogen-bond donors (Lipinski definition) is 1. The number of anilines is 1. The summed E-state index contributed by atoms with van der Waals surface area (Å²) in [6.07, 6.45) is 6.45. The van der Waals surface area contributed by atoms with Crippen LogP contribution in [-0.4, -0.2) is 10.9 Å². The van der Waals surface area contributed by atoms with Gasteiger partial charge in [0.1, 0.15) is 0 Å². The number of amides is 1. The second kappa shape index (κ2) is 5.98. The van der Waals surface area contributed by atoms with Crippen LogP contribution in [0.25, 0.3) is 6.08 Å². The molecule has 0 radical (unpaired) electrons. The monoisotopic (exact) mass is 258 g/mol. The summed E-state index contributed by atoms with van der Waals surface area (Å²) in [5.41, 5.74) is 1.64. The number of carbonyl (C=O) groups excluding carboxylic acids is 1. The first-order valence-corrected chi connectivity index (χ1v) is 5.76. The quantitative estimate of drug-likeness (QED) is 0.858. The van der Waals surface area contributed by atoms with Crippen LogP contribution in [0, 0.1) is 0 Å². The van der Waals surface area contributed by atoms with Gasteiger partial charge in [-0.05, 0) is 35.9 Å². The summed E-state index contributed by atoms with van der Waals surface area (Å²) in [4.78, 5) is 15.5. The van der Waals surface area contributed by atoms with Crippen LogP contribution in [0.2, 0.25) is 5.02 Å². The molecule has 1 N–H and O–H groups in total. The molecule has 2 aromatic rings. The minimum atomic E-state index is -0.184. The van der Waals surface area contributed by atoms with E-state index in [1.54, 1.807) is 42.7 Å². The van der Waals surface area contributed by atoms with Gasteiger partial charge in [0.15, 0.2) is 0 Å². The van der Waals surface area contributed by atoms with Crippen molar-refractivity contribution in [3.8, 4) is 0 Å². The highest BCUT2D eigenvalue weighted by Crippen LogP contribution is 2.10.